The molecule has 0 aliphatic heterocycles. The van der Waals surface area contributed by atoms with Gasteiger partial charge in [0.15, 0.2) is 0 Å². The van der Waals surface area contributed by atoms with Gasteiger partial charge in [-0.15, -0.1) is 0 Å². The van der Waals surface area contributed by atoms with Crippen molar-refractivity contribution < 1.29 is 4.52 Å². The second kappa shape index (κ2) is 3.82. The van der Waals surface area contributed by atoms with E-state index in [-0.39, 0.29) is 0 Å². The second-order valence-electron chi connectivity index (χ2n) is 3.35. The number of hydrogen-bond acceptors (Lipinski definition) is 6. The molecule has 2 rings (SSSR count). The molecule has 2 N–H and O–H groups in total. The van der Waals surface area contributed by atoms with Crippen LogP contribution >= 0.6 is 0 Å². The number of hydrogen-bond donors (Lipinski definition) is 1. The van der Waals surface area contributed by atoms with Crippen LogP contribution in [-0.4, -0.2) is 35.3 Å². The van der Waals surface area contributed by atoms with Crippen LogP contribution < -0.4 is 10.6 Å². The average molecular weight is 207 g/mol. The molecule has 0 aliphatic carbocycles. The van der Waals surface area contributed by atoms with E-state index >= 15 is 0 Å². The quantitative estimate of drug-likeness (QED) is 0.780. The highest BCUT2D eigenvalue weighted by Gasteiger charge is 2.12. The third kappa shape index (κ3) is 1.75. The van der Waals surface area contributed by atoms with Gasteiger partial charge in [0.2, 0.25) is 0 Å². The molecule has 0 radical (unpaired) electrons. The number of fused-ring (bicyclic) bond motifs is 1. The lowest BCUT2D eigenvalue weighted by Gasteiger charge is -2.17. The molecular weight excluding hydrogens is 194 g/mol. The molecule has 0 amide bonds. The fourth-order valence-corrected chi connectivity index (χ4v) is 1.44. The van der Waals surface area contributed by atoms with E-state index in [2.05, 4.69) is 15.1 Å². The monoisotopic (exact) mass is 207 g/mol. The SMILES string of the molecule is Cc1nc(N(C)CCN)c2cnoc2n1. The summed E-state index contributed by atoms with van der Waals surface area (Å²) < 4.78 is 5.01. The molecular formula is C9H13N5O. The summed E-state index contributed by atoms with van der Waals surface area (Å²) in [6, 6.07) is 0. The Kier molecular flexibility index (Phi) is 2.51. The minimum atomic E-state index is 0.515. The Morgan fingerprint density at radius 1 is 1.47 bits per heavy atom. The molecule has 2 aromatic heterocycles. The average Bonchev–Trinajstić information content (AvgIpc) is 2.64. The summed E-state index contributed by atoms with van der Waals surface area (Å²) in [6.45, 7) is 3.13. The molecule has 0 fully saturated rings. The first-order valence-corrected chi connectivity index (χ1v) is 4.72. The largest absolute Gasteiger partial charge is 0.358 e. The standard InChI is InChI=1S/C9H13N5O/c1-6-12-8(14(2)4-3-10)7-5-11-15-9(7)13-6/h5H,3-4,10H2,1-2H3. The van der Waals surface area contributed by atoms with E-state index in [1.807, 2.05) is 18.9 Å². The predicted octanol–water partition coefficient (Wildman–Crippen LogP) is 0.321. The van der Waals surface area contributed by atoms with Crippen LogP contribution in [0.1, 0.15) is 5.82 Å². The van der Waals surface area contributed by atoms with Gasteiger partial charge in [-0.1, -0.05) is 5.16 Å². The van der Waals surface area contributed by atoms with Crippen LogP contribution in [0.15, 0.2) is 10.7 Å². The zero-order chi connectivity index (χ0) is 10.8. The van der Waals surface area contributed by atoms with Gasteiger partial charge in [0.05, 0.1) is 6.20 Å². The highest BCUT2D eigenvalue weighted by molar-refractivity contribution is 5.84. The lowest BCUT2D eigenvalue weighted by molar-refractivity contribution is 0.448. The molecule has 6 heteroatoms. The normalized spacial score (nSPS) is 10.9. The van der Waals surface area contributed by atoms with Gasteiger partial charge >= 0.3 is 0 Å². The van der Waals surface area contributed by atoms with E-state index in [0.717, 1.165) is 17.7 Å². The van der Waals surface area contributed by atoms with Crippen molar-refractivity contribution in [3.8, 4) is 0 Å². The van der Waals surface area contributed by atoms with Crippen LogP contribution in [-0.2, 0) is 0 Å². The molecule has 0 unspecified atom stereocenters. The number of likely N-dealkylation sites (N-methyl/N-ethyl adjacent to an activating group) is 1. The molecule has 2 heterocycles. The van der Waals surface area contributed by atoms with E-state index in [1.165, 1.54) is 0 Å². The van der Waals surface area contributed by atoms with Crippen molar-refractivity contribution in [2.75, 3.05) is 25.0 Å². The Balaban J connectivity index is 2.52. The molecule has 0 atom stereocenters. The van der Waals surface area contributed by atoms with Gasteiger partial charge < -0.3 is 15.2 Å². The van der Waals surface area contributed by atoms with Crippen LogP contribution in [0.3, 0.4) is 0 Å². The molecule has 2 aromatic rings. The van der Waals surface area contributed by atoms with Crippen LogP contribution in [0, 0.1) is 6.92 Å². The summed E-state index contributed by atoms with van der Waals surface area (Å²) in [5.74, 6) is 1.47. The summed E-state index contributed by atoms with van der Waals surface area (Å²) in [6.07, 6.45) is 1.62. The summed E-state index contributed by atoms with van der Waals surface area (Å²) in [5, 5.41) is 4.53. The minimum absolute atomic E-state index is 0.515. The number of anilines is 1. The van der Waals surface area contributed by atoms with Crippen molar-refractivity contribution in [1.29, 1.82) is 0 Å². The summed E-state index contributed by atoms with van der Waals surface area (Å²) in [5.41, 5.74) is 6.02. The second-order valence-corrected chi connectivity index (χ2v) is 3.35. The van der Waals surface area contributed by atoms with E-state index in [0.29, 0.717) is 18.1 Å². The molecule has 0 aromatic carbocycles. The van der Waals surface area contributed by atoms with E-state index in [1.54, 1.807) is 6.20 Å². The first kappa shape index (κ1) is 9.85. The van der Waals surface area contributed by atoms with Crippen LogP contribution in [0.5, 0.6) is 0 Å². The van der Waals surface area contributed by atoms with E-state index in [9.17, 15) is 0 Å². The highest BCUT2D eigenvalue weighted by atomic mass is 16.5. The van der Waals surface area contributed by atoms with Gasteiger partial charge in [-0.25, -0.2) is 4.98 Å². The maximum atomic E-state index is 5.50. The van der Waals surface area contributed by atoms with Crippen LogP contribution in [0.4, 0.5) is 5.82 Å². The summed E-state index contributed by atoms with van der Waals surface area (Å²) in [7, 11) is 1.93. The van der Waals surface area contributed by atoms with E-state index in [4.69, 9.17) is 10.3 Å². The number of rotatable bonds is 3. The molecule has 0 aliphatic rings. The fourth-order valence-electron chi connectivity index (χ4n) is 1.44. The van der Waals surface area contributed by atoms with Crippen molar-refractivity contribution in [3.05, 3.63) is 12.0 Å². The molecule has 80 valence electrons. The maximum absolute atomic E-state index is 5.50. The molecule has 15 heavy (non-hydrogen) atoms. The lowest BCUT2D eigenvalue weighted by Crippen LogP contribution is -2.26. The zero-order valence-electron chi connectivity index (χ0n) is 8.77. The van der Waals surface area contributed by atoms with Crippen molar-refractivity contribution in [1.82, 2.24) is 15.1 Å². The topological polar surface area (TPSA) is 81.1 Å². The molecule has 6 nitrogen and oxygen atoms in total. The first-order valence-electron chi connectivity index (χ1n) is 4.72. The van der Waals surface area contributed by atoms with Crippen molar-refractivity contribution in [2.24, 2.45) is 5.73 Å². The van der Waals surface area contributed by atoms with Gasteiger partial charge in [0.1, 0.15) is 17.0 Å². The third-order valence-corrected chi connectivity index (χ3v) is 2.15. The van der Waals surface area contributed by atoms with E-state index < -0.39 is 0 Å². The first-order chi connectivity index (χ1) is 7.22. The van der Waals surface area contributed by atoms with Gasteiger partial charge in [-0.3, -0.25) is 0 Å². The van der Waals surface area contributed by atoms with Gasteiger partial charge in [-0.2, -0.15) is 4.98 Å². The van der Waals surface area contributed by atoms with Gasteiger partial charge in [0, 0.05) is 20.1 Å². The number of nitrogens with two attached hydrogens (primary N) is 1. The minimum Gasteiger partial charge on any atom is -0.358 e. The summed E-state index contributed by atoms with van der Waals surface area (Å²) in [4.78, 5) is 10.5. The number of nitrogens with zero attached hydrogens (tertiary/aromatic N) is 4. The fraction of sp³-hybridized carbons (Fsp3) is 0.444. The van der Waals surface area contributed by atoms with Crippen LogP contribution in [0.2, 0.25) is 0 Å². The Hall–Kier alpha value is -1.69. The Morgan fingerprint density at radius 2 is 2.27 bits per heavy atom. The van der Waals surface area contributed by atoms with Crippen LogP contribution in [0.25, 0.3) is 11.1 Å². The number of aromatic nitrogens is 3. The maximum Gasteiger partial charge on any atom is 0.263 e. The molecule has 0 spiro atoms. The van der Waals surface area contributed by atoms with Crippen molar-refractivity contribution >= 4 is 16.9 Å². The molecule has 0 saturated carbocycles. The van der Waals surface area contributed by atoms with Gasteiger partial charge in [0.25, 0.3) is 5.71 Å². The highest BCUT2D eigenvalue weighted by Crippen LogP contribution is 2.21. The third-order valence-electron chi connectivity index (χ3n) is 2.15. The molecule has 0 bridgehead atoms. The predicted molar refractivity (Wildman–Crippen MR) is 56.7 cm³/mol. The van der Waals surface area contributed by atoms with Gasteiger partial charge in [-0.05, 0) is 6.92 Å². The zero-order valence-corrected chi connectivity index (χ0v) is 8.77. The van der Waals surface area contributed by atoms with Crippen molar-refractivity contribution in [2.45, 2.75) is 6.92 Å². The summed E-state index contributed by atoms with van der Waals surface area (Å²) >= 11 is 0. The lowest BCUT2D eigenvalue weighted by atomic mass is 10.3. The van der Waals surface area contributed by atoms with Crippen molar-refractivity contribution in [3.63, 3.8) is 0 Å². The smallest absolute Gasteiger partial charge is 0.263 e. The Bertz CT molecular complexity index is 466. The number of aryl methyl sites for hydroxylation is 1. The molecule has 0 saturated heterocycles. The Morgan fingerprint density at radius 3 is 3.00 bits per heavy atom. The Labute approximate surface area is 87.1 Å².